The summed E-state index contributed by atoms with van der Waals surface area (Å²) in [6.45, 7) is 8.95. The third-order valence-corrected chi connectivity index (χ3v) is 4.06. The molecule has 108 valence electrons. The molecule has 2 rings (SSSR count). The molecular weight excluding hydrogens is 238 g/mol. The van der Waals surface area contributed by atoms with E-state index in [0.717, 1.165) is 30.5 Å². The Labute approximate surface area is 116 Å². The summed E-state index contributed by atoms with van der Waals surface area (Å²) in [5.41, 5.74) is 1.25. The highest BCUT2D eigenvalue weighted by molar-refractivity contribution is 5.20. The molecule has 0 radical (unpaired) electrons. The molecule has 1 aromatic rings. The normalized spacial score (nSPS) is 23.7. The van der Waals surface area contributed by atoms with Gasteiger partial charge in [0.1, 0.15) is 18.1 Å². The SMILES string of the molecule is CCNCc1cc(COC2CCC(C)CC2)oc1C. The first-order valence-electron chi connectivity index (χ1n) is 7.59. The van der Waals surface area contributed by atoms with Gasteiger partial charge in [-0.3, -0.25) is 0 Å². The van der Waals surface area contributed by atoms with E-state index in [1.54, 1.807) is 0 Å². The predicted molar refractivity (Wildman–Crippen MR) is 77.0 cm³/mol. The van der Waals surface area contributed by atoms with Crippen molar-refractivity contribution in [1.82, 2.24) is 5.32 Å². The molecule has 1 aliphatic rings. The van der Waals surface area contributed by atoms with Gasteiger partial charge in [-0.25, -0.2) is 0 Å². The number of furan rings is 1. The topological polar surface area (TPSA) is 34.4 Å². The second-order valence-electron chi connectivity index (χ2n) is 5.77. The Morgan fingerprint density at radius 1 is 1.32 bits per heavy atom. The Morgan fingerprint density at radius 2 is 2.05 bits per heavy atom. The molecule has 0 saturated heterocycles. The molecule has 1 heterocycles. The van der Waals surface area contributed by atoms with Crippen LogP contribution in [-0.4, -0.2) is 12.6 Å². The van der Waals surface area contributed by atoms with Crippen molar-refractivity contribution in [2.75, 3.05) is 6.54 Å². The summed E-state index contributed by atoms with van der Waals surface area (Å²) in [5, 5.41) is 3.33. The predicted octanol–water partition coefficient (Wildman–Crippen LogP) is 3.79. The van der Waals surface area contributed by atoms with Crippen LogP contribution >= 0.6 is 0 Å². The van der Waals surface area contributed by atoms with Crippen LogP contribution in [0.1, 0.15) is 56.6 Å². The van der Waals surface area contributed by atoms with Gasteiger partial charge in [-0.15, -0.1) is 0 Å². The zero-order chi connectivity index (χ0) is 13.7. The van der Waals surface area contributed by atoms with E-state index in [-0.39, 0.29) is 0 Å². The van der Waals surface area contributed by atoms with E-state index in [1.165, 1.54) is 31.2 Å². The van der Waals surface area contributed by atoms with Crippen molar-refractivity contribution in [3.05, 3.63) is 23.2 Å². The Hall–Kier alpha value is -0.800. The summed E-state index contributed by atoms with van der Waals surface area (Å²) >= 11 is 0. The standard InChI is InChI=1S/C16H27NO2/c1-4-17-10-14-9-16(19-13(14)3)11-18-15-7-5-12(2)6-8-15/h9,12,15,17H,4-8,10-11H2,1-3H3. The first-order valence-corrected chi connectivity index (χ1v) is 7.59. The van der Waals surface area contributed by atoms with E-state index < -0.39 is 0 Å². The smallest absolute Gasteiger partial charge is 0.130 e. The molecular formula is C16H27NO2. The number of rotatable bonds is 6. The average molecular weight is 265 g/mol. The Balaban J connectivity index is 1.79. The van der Waals surface area contributed by atoms with Crippen LogP contribution in [0.25, 0.3) is 0 Å². The van der Waals surface area contributed by atoms with Crippen molar-refractivity contribution in [2.24, 2.45) is 5.92 Å². The summed E-state index contributed by atoms with van der Waals surface area (Å²) in [6.07, 6.45) is 5.43. The van der Waals surface area contributed by atoms with Crippen LogP contribution in [0.4, 0.5) is 0 Å². The van der Waals surface area contributed by atoms with Crippen LogP contribution in [0.3, 0.4) is 0 Å². The molecule has 1 fully saturated rings. The van der Waals surface area contributed by atoms with Gasteiger partial charge in [0.2, 0.25) is 0 Å². The molecule has 19 heavy (non-hydrogen) atoms. The van der Waals surface area contributed by atoms with Crippen molar-refractivity contribution in [3.8, 4) is 0 Å². The monoisotopic (exact) mass is 265 g/mol. The van der Waals surface area contributed by atoms with Crippen molar-refractivity contribution in [3.63, 3.8) is 0 Å². The molecule has 0 amide bonds. The number of aryl methyl sites for hydroxylation is 1. The largest absolute Gasteiger partial charge is 0.464 e. The van der Waals surface area contributed by atoms with E-state index in [0.29, 0.717) is 12.7 Å². The quantitative estimate of drug-likeness (QED) is 0.849. The van der Waals surface area contributed by atoms with Crippen molar-refractivity contribution < 1.29 is 9.15 Å². The summed E-state index contributed by atoms with van der Waals surface area (Å²) in [5.74, 6) is 2.85. The fraction of sp³-hybridized carbons (Fsp3) is 0.750. The first kappa shape index (κ1) is 14.6. The van der Waals surface area contributed by atoms with E-state index in [1.807, 2.05) is 6.92 Å². The lowest BCUT2D eigenvalue weighted by molar-refractivity contribution is 0.00103. The van der Waals surface area contributed by atoms with Gasteiger partial charge in [0.25, 0.3) is 0 Å². The summed E-state index contributed by atoms with van der Waals surface area (Å²) in [6, 6.07) is 2.13. The fourth-order valence-corrected chi connectivity index (χ4v) is 2.69. The second kappa shape index (κ2) is 7.11. The van der Waals surface area contributed by atoms with E-state index in [9.17, 15) is 0 Å². The Kier molecular flexibility index (Phi) is 5.46. The van der Waals surface area contributed by atoms with Crippen molar-refractivity contribution in [1.29, 1.82) is 0 Å². The molecule has 0 bridgehead atoms. The van der Waals surface area contributed by atoms with Gasteiger partial charge in [0, 0.05) is 12.1 Å². The lowest BCUT2D eigenvalue weighted by Gasteiger charge is -2.25. The number of nitrogens with one attached hydrogen (secondary N) is 1. The maximum Gasteiger partial charge on any atom is 0.130 e. The molecule has 0 spiro atoms. The number of ether oxygens (including phenoxy) is 1. The fourth-order valence-electron chi connectivity index (χ4n) is 2.69. The molecule has 1 aliphatic carbocycles. The molecule has 0 aliphatic heterocycles. The molecule has 1 saturated carbocycles. The van der Waals surface area contributed by atoms with Crippen molar-refractivity contribution in [2.45, 2.75) is 65.7 Å². The number of hydrogen-bond acceptors (Lipinski definition) is 3. The highest BCUT2D eigenvalue weighted by atomic mass is 16.5. The average Bonchev–Trinajstić information content (AvgIpc) is 2.76. The summed E-state index contributed by atoms with van der Waals surface area (Å²) < 4.78 is 11.7. The first-order chi connectivity index (χ1) is 9.19. The van der Waals surface area contributed by atoms with Gasteiger partial charge < -0.3 is 14.5 Å². The molecule has 3 nitrogen and oxygen atoms in total. The van der Waals surface area contributed by atoms with Crippen LogP contribution in [0.2, 0.25) is 0 Å². The maximum atomic E-state index is 5.98. The minimum absolute atomic E-state index is 0.429. The van der Waals surface area contributed by atoms with Crippen molar-refractivity contribution >= 4 is 0 Å². The van der Waals surface area contributed by atoms with Crippen LogP contribution < -0.4 is 5.32 Å². The van der Waals surface area contributed by atoms with Gasteiger partial charge in [-0.1, -0.05) is 13.8 Å². The zero-order valence-corrected chi connectivity index (χ0v) is 12.5. The van der Waals surface area contributed by atoms with Gasteiger partial charge in [0.15, 0.2) is 0 Å². The van der Waals surface area contributed by atoms with E-state index in [2.05, 4.69) is 25.2 Å². The second-order valence-corrected chi connectivity index (χ2v) is 5.77. The molecule has 0 atom stereocenters. The van der Waals surface area contributed by atoms with Gasteiger partial charge in [-0.05, 0) is 51.1 Å². The minimum atomic E-state index is 0.429. The van der Waals surface area contributed by atoms with Gasteiger partial charge >= 0.3 is 0 Å². The van der Waals surface area contributed by atoms with E-state index >= 15 is 0 Å². The zero-order valence-electron chi connectivity index (χ0n) is 12.5. The Morgan fingerprint density at radius 3 is 2.74 bits per heavy atom. The highest BCUT2D eigenvalue weighted by Crippen LogP contribution is 2.26. The van der Waals surface area contributed by atoms with Gasteiger partial charge in [-0.2, -0.15) is 0 Å². The third kappa shape index (κ3) is 4.36. The highest BCUT2D eigenvalue weighted by Gasteiger charge is 2.19. The lowest BCUT2D eigenvalue weighted by Crippen LogP contribution is -2.20. The number of hydrogen-bond donors (Lipinski definition) is 1. The molecule has 0 unspecified atom stereocenters. The van der Waals surface area contributed by atoms with E-state index in [4.69, 9.17) is 9.15 Å². The van der Waals surface area contributed by atoms with Crippen LogP contribution in [-0.2, 0) is 17.9 Å². The lowest BCUT2D eigenvalue weighted by atomic mass is 9.89. The molecule has 1 N–H and O–H groups in total. The third-order valence-electron chi connectivity index (χ3n) is 4.06. The molecule has 1 aromatic heterocycles. The molecule has 0 aromatic carbocycles. The van der Waals surface area contributed by atoms with Crippen LogP contribution in [0.5, 0.6) is 0 Å². The summed E-state index contributed by atoms with van der Waals surface area (Å²) in [4.78, 5) is 0. The van der Waals surface area contributed by atoms with Crippen LogP contribution in [0.15, 0.2) is 10.5 Å². The van der Waals surface area contributed by atoms with Gasteiger partial charge in [0.05, 0.1) is 6.10 Å². The maximum absolute atomic E-state index is 5.98. The van der Waals surface area contributed by atoms with Crippen LogP contribution in [0, 0.1) is 12.8 Å². The summed E-state index contributed by atoms with van der Waals surface area (Å²) in [7, 11) is 0. The minimum Gasteiger partial charge on any atom is -0.464 e. The Bertz CT molecular complexity index is 378. The molecule has 3 heteroatoms.